The van der Waals surface area contributed by atoms with Gasteiger partial charge in [0.1, 0.15) is 0 Å². The van der Waals surface area contributed by atoms with Crippen LogP contribution in [-0.4, -0.2) is 56.7 Å². The highest BCUT2D eigenvalue weighted by atomic mass is 16.5. The molecular weight excluding hydrogens is 278 g/mol. The van der Waals surface area contributed by atoms with Gasteiger partial charge < -0.3 is 20.3 Å². The molecule has 1 unspecified atom stereocenters. The van der Waals surface area contributed by atoms with E-state index in [1.54, 1.807) is 0 Å². The van der Waals surface area contributed by atoms with Crippen LogP contribution >= 0.6 is 0 Å². The van der Waals surface area contributed by atoms with Crippen LogP contribution in [0.25, 0.3) is 0 Å². The Kier molecular flexibility index (Phi) is 4.36. The van der Waals surface area contributed by atoms with Crippen LogP contribution in [0.5, 0.6) is 0 Å². The van der Waals surface area contributed by atoms with Gasteiger partial charge in [-0.3, -0.25) is 4.79 Å². The van der Waals surface area contributed by atoms with Crippen molar-refractivity contribution in [2.24, 2.45) is 11.1 Å². The largest absolute Gasteiger partial charge is 0.378 e. The third-order valence-corrected chi connectivity index (χ3v) is 4.83. The standard InChI is InChI=1S/C17H25N3O2/c1-17(12-18)6-7-20(13-17)16(21)14-2-4-15(5-3-14)19-8-10-22-11-9-19/h2-5H,6-13,18H2,1H3. The topological polar surface area (TPSA) is 58.8 Å². The van der Waals surface area contributed by atoms with Gasteiger partial charge in [-0.1, -0.05) is 6.92 Å². The fourth-order valence-electron chi connectivity index (χ4n) is 3.18. The molecule has 2 aliphatic rings. The first-order valence-corrected chi connectivity index (χ1v) is 8.03. The molecule has 5 heteroatoms. The van der Waals surface area contributed by atoms with Gasteiger partial charge in [0.25, 0.3) is 5.91 Å². The van der Waals surface area contributed by atoms with Crippen molar-refractivity contribution in [2.75, 3.05) is 50.8 Å². The van der Waals surface area contributed by atoms with Gasteiger partial charge in [-0.05, 0) is 42.6 Å². The fraction of sp³-hybridized carbons (Fsp3) is 0.588. The van der Waals surface area contributed by atoms with Crippen molar-refractivity contribution in [3.63, 3.8) is 0 Å². The Balaban J connectivity index is 1.66. The van der Waals surface area contributed by atoms with Gasteiger partial charge in [0, 0.05) is 37.4 Å². The molecule has 2 aliphatic heterocycles. The number of carbonyl (C=O) groups is 1. The summed E-state index contributed by atoms with van der Waals surface area (Å²) in [5.41, 5.74) is 7.81. The monoisotopic (exact) mass is 303 g/mol. The molecule has 0 radical (unpaired) electrons. The maximum Gasteiger partial charge on any atom is 0.253 e. The van der Waals surface area contributed by atoms with Crippen molar-refractivity contribution in [3.05, 3.63) is 29.8 Å². The van der Waals surface area contributed by atoms with Crippen LogP contribution in [0, 0.1) is 5.41 Å². The molecule has 120 valence electrons. The highest BCUT2D eigenvalue weighted by Gasteiger charge is 2.35. The minimum atomic E-state index is 0.0728. The number of amides is 1. The van der Waals surface area contributed by atoms with Gasteiger partial charge in [0.05, 0.1) is 13.2 Å². The first-order valence-electron chi connectivity index (χ1n) is 8.03. The van der Waals surface area contributed by atoms with E-state index in [1.807, 2.05) is 29.2 Å². The SMILES string of the molecule is CC1(CN)CCN(C(=O)c2ccc(N3CCOCC3)cc2)C1. The van der Waals surface area contributed by atoms with Crippen LogP contribution in [0.3, 0.4) is 0 Å². The Morgan fingerprint density at radius 2 is 1.91 bits per heavy atom. The molecule has 2 saturated heterocycles. The number of nitrogens with zero attached hydrogens (tertiary/aromatic N) is 2. The number of anilines is 1. The first kappa shape index (κ1) is 15.3. The van der Waals surface area contributed by atoms with Gasteiger partial charge in [-0.15, -0.1) is 0 Å². The smallest absolute Gasteiger partial charge is 0.253 e. The fourth-order valence-corrected chi connectivity index (χ4v) is 3.18. The Morgan fingerprint density at radius 3 is 2.50 bits per heavy atom. The number of benzene rings is 1. The van der Waals surface area contributed by atoms with E-state index in [2.05, 4.69) is 11.8 Å². The summed E-state index contributed by atoms with van der Waals surface area (Å²) >= 11 is 0. The molecule has 0 spiro atoms. The number of ether oxygens (including phenoxy) is 1. The van der Waals surface area contributed by atoms with Gasteiger partial charge in [0.2, 0.25) is 0 Å². The van der Waals surface area contributed by atoms with Crippen molar-refractivity contribution in [2.45, 2.75) is 13.3 Å². The number of rotatable bonds is 3. The quantitative estimate of drug-likeness (QED) is 0.915. The summed E-state index contributed by atoms with van der Waals surface area (Å²) in [4.78, 5) is 16.8. The predicted octanol–water partition coefficient (Wildman–Crippen LogP) is 1.33. The number of likely N-dealkylation sites (tertiary alicyclic amines) is 1. The summed E-state index contributed by atoms with van der Waals surface area (Å²) in [7, 11) is 0. The second-order valence-electron chi connectivity index (χ2n) is 6.64. The minimum absolute atomic E-state index is 0.0728. The molecular formula is C17H25N3O2. The van der Waals surface area contributed by atoms with Crippen LogP contribution < -0.4 is 10.6 Å². The number of hydrogen-bond acceptors (Lipinski definition) is 4. The average Bonchev–Trinajstić information content (AvgIpc) is 2.98. The summed E-state index contributed by atoms with van der Waals surface area (Å²) in [5, 5.41) is 0. The lowest BCUT2D eigenvalue weighted by Gasteiger charge is -2.29. The van der Waals surface area contributed by atoms with E-state index in [1.165, 1.54) is 0 Å². The maximum atomic E-state index is 12.6. The molecule has 0 bridgehead atoms. The van der Waals surface area contributed by atoms with Crippen molar-refractivity contribution in [1.82, 2.24) is 4.90 Å². The Labute approximate surface area is 132 Å². The zero-order valence-corrected chi connectivity index (χ0v) is 13.3. The Bertz CT molecular complexity index is 525. The Hall–Kier alpha value is -1.59. The molecule has 2 heterocycles. The lowest BCUT2D eigenvalue weighted by Crippen LogP contribution is -2.36. The van der Waals surface area contributed by atoms with E-state index in [9.17, 15) is 4.79 Å². The van der Waals surface area contributed by atoms with E-state index in [4.69, 9.17) is 10.5 Å². The number of nitrogens with two attached hydrogens (primary N) is 1. The number of carbonyl (C=O) groups excluding carboxylic acids is 1. The second kappa shape index (κ2) is 6.26. The van der Waals surface area contributed by atoms with E-state index in [-0.39, 0.29) is 11.3 Å². The van der Waals surface area contributed by atoms with Crippen LogP contribution in [0.2, 0.25) is 0 Å². The lowest BCUT2D eigenvalue weighted by molar-refractivity contribution is 0.0777. The van der Waals surface area contributed by atoms with Crippen molar-refractivity contribution in [1.29, 1.82) is 0 Å². The summed E-state index contributed by atoms with van der Waals surface area (Å²) < 4.78 is 5.37. The van der Waals surface area contributed by atoms with Gasteiger partial charge in [0.15, 0.2) is 0 Å². The zero-order chi connectivity index (χ0) is 15.6. The van der Waals surface area contributed by atoms with Crippen LogP contribution in [0.1, 0.15) is 23.7 Å². The Morgan fingerprint density at radius 1 is 1.23 bits per heavy atom. The van der Waals surface area contributed by atoms with E-state index in [0.29, 0.717) is 6.54 Å². The predicted molar refractivity (Wildman–Crippen MR) is 87.2 cm³/mol. The summed E-state index contributed by atoms with van der Waals surface area (Å²) in [6.07, 6.45) is 0.987. The van der Waals surface area contributed by atoms with E-state index < -0.39 is 0 Å². The summed E-state index contributed by atoms with van der Waals surface area (Å²) in [5.74, 6) is 0.116. The molecule has 3 rings (SSSR count). The summed E-state index contributed by atoms with van der Waals surface area (Å²) in [6, 6.07) is 7.95. The van der Waals surface area contributed by atoms with Gasteiger partial charge in [-0.25, -0.2) is 0 Å². The lowest BCUT2D eigenvalue weighted by atomic mass is 9.90. The van der Waals surface area contributed by atoms with Gasteiger partial charge in [-0.2, -0.15) is 0 Å². The van der Waals surface area contributed by atoms with Crippen LogP contribution in [0.4, 0.5) is 5.69 Å². The maximum absolute atomic E-state index is 12.6. The molecule has 0 aliphatic carbocycles. The van der Waals surface area contributed by atoms with Crippen molar-refractivity contribution in [3.8, 4) is 0 Å². The van der Waals surface area contributed by atoms with E-state index >= 15 is 0 Å². The first-order chi connectivity index (χ1) is 10.6. The normalized spacial score (nSPS) is 25.5. The molecule has 1 atom stereocenters. The zero-order valence-electron chi connectivity index (χ0n) is 13.3. The number of hydrogen-bond donors (Lipinski definition) is 1. The van der Waals surface area contributed by atoms with Gasteiger partial charge >= 0.3 is 0 Å². The van der Waals surface area contributed by atoms with Crippen molar-refractivity contribution < 1.29 is 9.53 Å². The molecule has 22 heavy (non-hydrogen) atoms. The minimum Gasteiger partial charge on any atom is -0.378 e. The van der Waals surface area contributed by atoms with Crippen molar-refractivity contribution >= 4 is 11.6 Å². The molecule has 1 aromatic rings. The molecule has 1 aromatic carbocycles. The molecule has 5 nitrogen and oxygen atoms in total. The third-order valence-electron chi connectivity index (χ3n) is 4.83. The molecule has 1 amide bonds. The second-order valence-corrected chi connectivity index (χ2v) is 6.64. The molecule has 2 N–H and O–H groups in total. The molecule has 0 saturated carbocycles. The van der Waals surface area contributed by atoms with E-state index in [0.717, 1.165) is 57.1 Å². The average molecular weight is 303 g/mol. The molecule has 0 aromatic heterocycles. The van der Waals surface area contributed by atoms with Crippen LogP contribution in [0.15, 0.2) is 24.3 Å². The number of morpholine rings is 1. The highest BCUT2D eigenvalue weighted by Crippen LogP contribution is 2.29. The summed E-state index contributed by atoms with van der Waals surface area (Å²) in [6.45, 7) is 7.71. The third kappa shape index (κ3) is 3.10. The van der Waals surface area contributed by atoms with Crippen LogP contribution in [-0.2, 0) is 4.74 Å². The highest BCUT2D eigenvalue weighted by molar-refractivity contribution is 5.94. The molecule has 2 fully saturated rings.